The van der Waals surface area contributed by atoms with Crippen molar-refractivity contribution in [2.45, 2.75) is 69.4 Å². The Morgan fingerprint density at radius 2 is 2.00 bits per heavy atom. The summed E-state index contributed by atoms with van der Waals surface area (Å²) in [7, 11) is 0. The van der Waals surface area contributed by atoms with Crippen LogP contribution in [0.1, 0.15) is 46.5 Å². The lowest BCUT2D eigenvalue weighted by Crippen LogP contribution is -2.44. The lowest BCUT2D eigenvalue weighted by Gasteiger charge is -2.30. The minimum atomic E-state index is -0.192. The number of thioether (sulfide) groups is 1. The van der Waals surface area contributed by atoms with E-state index < -0.39 is 0 Å². The van der Waals surface area contributed by atoms with E-state index in [1.807, 2.05) is 37.3 Å². The molecule has 1 aliphatic rings. The zero-order valence-electron chi connectivity index (χ0n) is 15.8. The lowest BCUT2D eigenvalue weighted by molar-refractivity contribution is -0.121. The number of hydrogen-bond donors (Lipinski definition) is 1. The highest BCUT2D eigenvalue weighted by molar-refractivity contribution is 8.00. The number of carbonyl (C=O) groups excluding carboxylic acids is 1. The van der Waals surface area contributed by atoms with Crippen molar-refractivity contribution in [3.8, 4) is 11.4 Å². The Morgan fingerprint density at radius 1 is 1.27 bits per heavy atom. The molecule has 3 rings (SSSR count). The van der Waals surface area contributed by atoms with Gasteiger partial charge in [-0.3, -0.25) is 4.79 Å². The van der Waals surface area contributed by atoms with Crippen molar-refractivity contribution in [1.82, 2.24) is 20.1 Å². The van der Waals surface area contributed by atoms with E-state index in [4.69, 9.17) is 0 Å². The van der Waals surface area contributed by atoms with Crippen LogP contribution in [0, 0.1) is 5.92 Å². The highest BCUT2D eigenvalue weighted by Crippen LogP contribution is 2.28. The van der Waals surface area contributed by atoms with Gasteiger partial charge in [0, 0.05) is 18.2 Å². The van der Waals surface area contributed by atoms with Crippen LogP contribution < -0.4 is 5.32 Å². The van der Waals surface area contributed by atoms with Crippen molar-refractivity contribution in [2.75, 3.05) is 0 Å². The van der Waals surface area contributed by atoms with Gasteiger partial charge in [0.25, 0.3) is 0 Å². The van der Waals surface area contributed by atoms with Crippen LogP contribution >= 0.6 is 11.8 Å². The van der Waals surface area contributed by atoms with E-state index in [-0.39, 0.29) is 11.2 Å². The summed E-state index contributed by atoms with van der Waals surface area (Å²) in [5, 5.41) is 12.6. The summed E-state index contributed by atoms with van der Waals surface area (Å²) in [6.07, 6.45) is 4.78. The van der Waals surface area contributed by atoms with Gasteiger partial charge in [0.2, 0.25) is 5.91 Å². The second kappa shape index (κ2) is 8.71. The highest BCUT2D eigenvalue weighted by atomic mass is 32.2. The number of rotatable bonds is 6. The molecule has 3 atom stereocenters. The van der Waals surface area contributed by atoms with Crippen LogP contribution in [0.5, 0.6) is 0 Å². The molecule has 0 spiro atoms. The van der Waals surface area contributed by atoms with Crippen molar-refractivity contribution >= 4 is 17.7 Å². The molecule has 0 saturated heterocycles. The first-order chi connectivity index (χ1) is 12.6. The lowest BCUT2D eigenvalue weighted by atomic mass is 9.86. The van der Waals surface area contributed by atoms with Gasteiger partial charge in [-0.05, 0) is 32.6 Å². The Morgan fingerprint density at radius 3 is 2.69 bits per heavy atom. The molecule has 0 unspecified atom stereocenters. The predicted molar refractivity (Wildman–Crippen MR) is 106 cm³/mol. The van der Waals surface area contributed by atoms with E-state index in [2.05, 4.69) is 33.9 Å². The molecule has 1 amide bonds. The van der Waals surface area contributed by atoms with Crippen molar-refractivity contribution in [3.63, 3.8) is 0 Å². The number of hydrogen-bond acceptors (Lipinski definition) is 4. The summed E-state index contributed by atoms with van der Waals surface area (Å²) in [6, 6.07) is 10.4. The number of nitrogens with zero attached hydrogens (tertiary/aromatic N) is 3. The van der Waals surface area contributed by atoms with Crippen LogP contribution in [0.4, 0.5) is 0 Å². The Hall–Kier alpha value is -1.82. The van der Waals surface area contributed by atoms with Crippen molar-refractivity contribution < 1.29 is 4.79 Å². The highest BCUT2D eigenvalue weighted by Gasteiger charge is 2.26. The predicted octanol–water partition coefficient (Wildman–Crippen LogP) is 4.14. The Bertz CT molecular complexity index is 731. The van der Waals surface area contributed by atoms with E-state index >= 15 is 0 Å². The van der Waals surface area contributed by atoms with Crippen LogP contribution in [0.3, 0.4) is 0 Å². The van der Waals surface area contributed by atoms with E-state index in [1.165, 1.54) is 31.0 Å². The smallest absolute Gasteiger partial charge is 0.233 e. The van der Waals surface area contributed by atoms with Crippen molar-refractivity contribution in [1.29, 1.82) is 0 Å². The van der Waals surface area contributed by atoms with Gasteiger partial charge in [-0.25, -0.2) is 0 Å². The van der Waals surface area contributed by atoms with E-state index in [1.54, 1.807) is 0 Å². The maximum atomic E-state index is 12.6. The molecule has 1 fully saturated rings. The Kier molecular flexibility index (Phi) is 6.35. The van der Waals surface area contributed by atoms with Gasteiger partial charge in [0.05, 0.1) is 5.25 Å². The quantitative estimate of drug-likeness (QED) is 0.774. The van der Waals surface area contributed by atoms with Crippen LogP contribution in [0.15, 0.2) is 35.5 Å². The first-order valence-electron chi connectivity index (χ1n) is 9.55. The molecule has 0 aliphatic heterocycles. The van der Waals surface area contributed by atoms with E-state index in [9.17, 15) is 4.79 Å². The molecular weight excluding hydrogens is 344 g/mol. The fourth-order valence-electron chi connectivity index (χ4n) is 3.50. The first kappa shape index (κ1) is 19.0. The summed E-state index contributed by atoms with van der Waals surface area (Å²) in [5.74, 6) is 1.51. The molecule has 2 aromatic rings. The standard InChI is InChI=1S/C20H28N4OS/c1-4-24-18(16-11-6-5-7-12-16)22-23-20(24)26-15(3)19(25)21-17-13-9-8-10-14(17)2/h5-7,11-12,14-15,17H,4,8-10,13H2,1-3H3,(H,21,25)/t14-,15-,17+/m0/s1. The summed E-state index contributed by atoms with van der Waals surface area (Å²) < 4.78 is 2.08. The summed E-state index contributed by atoms with van der Waals surface area (Å²) in [4.78, 5) is 12.6. The van der Waals surface area contributed by atoms with Gasteiger partial charge in [0.15, 0.2) is 11.0 Å². The molecule has 1 saturated carbocycles. The van der Waals surface area contributed by atoms with Crippen LogP contribution in [0.25, 0.3) is 11.4 Å². The molecule has 6 heteroatoms. The number of amides is 1. The van der Waals surface area contributed by atoms with Gasteiger partial charge in [0.1, 0.15) is 0 Å². The minimum absolute atomic E-state index is 0.0978. The summed E-state index contributed by atoms with van der Waals surface area (Å²) >= 11 is 1.49. The van der Waals surface area contributed by atoms with Gasteiger partial charge in [-0.1, -0.05) is 61.9 Å². The molecule has 1 N–H and O–H groups in total. The minimum Gasteiger partial charge on any atom is -0.352 e. The molecular formula is C20H28N4OS. The van der Waals surface area contributed by atoms with Crippen molar-refractivity contribution in [2.24, 2.45) is 5.92 Å². The maximum absolute atomic E-state index is 12.6. The zero-order valence-corrected chi connectivity index (χ0v) is 16.6. The van der Waals surface area contributed by atoms with Gasteiger partial charge >= 0.3 is 0 Å². The Balaban J connectivity index is 1.68. The molecule has 0 bridgehead atoms. The zero-order chi connectivity index (χ0) is 18.5. The summed E-state index contributed by atoms with van der Waals surface area (Å²) in [5.41, 5.74) is 1.04. The molecule has 1 heterocycles. The third-order valence-corrected chi connectivity index (χ3v) is 6.24. The second-order valence-corrected chi connectivity index (χ2v) is 8.36. The Labute approximate surface area is 160 Å². The first-order valence-corrected chi connectivity index (χ1v) is 10.4. The van der Waals surface area contributed by atoms with Gasteiger partial charge in [-0.15, -0.1) is 10.2 Å². The average Bonchev–Trinajstić information content (AvgIpc) is 3.06. The van der Waals surface area contributed by atoms with Gasteiger partial charge < -0.3 is 9.88 Å². The molecule has 5 nitrogen and oxygen atoms in total. The topological polar surface area (TPSA) is 59.8 Å². The van der Waals surface area contributed by atoms with Crippen molar-refractivity contribution in [3.05, 3.63) is 30.3 Å². The van der Waals surface area contributed by atoms with Gasteiger partial charge in [-0.2, -0.15) is 0 Å². The second-order valence-electron chi connectivity index (χ2n) is 7.05. The van der Waals surface area contributed by atoms with Crippen LogP contribution in [-0.2, 0) is 11.3 Å². The molecule has 0 radical (unpaired) electrons. The number of carbonyl (C=O) groups is 1. The molecule has 26 heavy (non-hydrogen) atoms. The van der Waals surface area contributed by atoms with Crippen LogP contribution in [-0.4, -0.2) is 32.0 Å². The number of benzene rings is 1. The largest absolute Gasteiger partial charge is 0.352 e. The molecule has 1 aromatic heterocycles. The van der Waals surface area contributed by atoms with E-state index in [0.717, 1.165) is 29.5 Å². The maximum Gasteiger partial charge on any atom is 0.233 e. The van der Waals surface area contributed by atoms with E-state index in [0.29, 0.717) is 12.0 Å². The monoisotopic (exact) mass is 372 g/mol. The fourth-order valence-corrected chi connectivity index (χ4v) is 4.43. The fraction of sp³-hybridized carbons (Fsp3) is 0.550. The number of aromatic nitrogens is 3. The SMILES string of the molecule is CCn1c(S[C@@H](C)C(=O)N[C@@H]2CCCC[C@@H]2C)nnc1-c1ccccc1. The average molecular weight is 373 g/mol. The third kappa shape index (κ3) is 4.29. The number of nitrogens with one attached hydrogen (secondary N) is 1. The molecule has 140 valence electrons. The third-order valence-electron chi connectivity index (χ3n) is 5.16. The molecule has 1 aliphatic carbocycles. The summed E-state index contributed by atoms with van der Waals surface area (Å²) in [6.45, 7) is 7.04. The molecule has 1 aromatic carbocycles. The van der Waals surface area contributed by atoms with Crippen LogP contribution in [0.2, 0.25) is 0 Å². The normalized spacial score (nSPS) is 21.3.